The number of fused-ring (bicyclic) bond motifs is 2. The number of aromatic nitrogens is 3. The minimum atomic E-state index is 0.301. The van der Waals surface area contributed by atoms with Gasteiger partial charge < -0.3 is 0 Å². The topological polar surface area (TPSA) is 38.7 Å². The van der Waals surface area contributed by atoms with Gasteiger partial charge in [0.1, 0.15) is 0 Å². The van der Waals surface area contributed by atoms with Gasteiger partial charge in [-0.2, -0.15) is 0 Å². The van der Waals surface area contributed by atoms with Crippen molar-refractivity contribution in [2.75, 3.05) is 0 Å². The highest BCUT2D eigenvalue weighted by Crippen LogP contribution is 2.49. The Morgan fingerprint density at radius 3 is 1.74 bits per heavy atom. The van der Waals surface area contributed by atoms with E-state index >= 15 is 0 Å². The zero-order chi connectivity index (χ0) is 35.1. The van der Waals surface area contributed by atoms with Crippen LogP contribution < -0.4 is 0 Å². The lowest BCUT2D eigenvalue weighted by molar-refractivity contribution is 0.856. The molecule has 3 nitrogen and oxygen atoms in total. The highest BCUT2D eigenvalue weighted by atomic mass is 32.2. The zero-order valence-electron chi connectivity index (χ0n) is 28.9. The van der Waals surface area contributed by atoms with Crippen molar-refractivity contribution >= 4 is 28.1 Å². The average Bonchev–Trinajstić information content (AvgIpc) is 3.24. The van der Waals surface area contributed by atoms with Crippen molar-refractivity contribution < 1.29 is 0 Å². The Morgan fingerprint density at radius 2 is 1.04 bits per heavy atom. The van der Waals surface area contributed by atoms with E-state index in [-0.39, 0.29) is 0 Å². The predicted molar refractivity (Wildman–Crippen MR) is 220 cm³/mol. The van der Waals surface area contributed by atoms with Crippen LogP contribution in [0.4, 0.5) is 0 Å². The molecule has 0 saturated carbocycles. The first-order chi connectivity index (χ1) is 26.2. The lowest BCUT2D eigenvalue weighted by atomic mass is 9.87. The molecule has 1 atom stereocenters. The van der Waals surface area contributed by atoms with Gasteiger partial charge in [-0.25, -0.2) is 15.0 Å². The standard InChI is InChI=1S/C49H33N3S/c1-3-11-35(12-4-1)47-50-48(36-13-5-2-6-14-36)52-49(51-47)37-27-25-33(26-28-37)32-21-23-34(24-22-32)38-15-9-16-39(31-38)40-29-30-43-41-17-7-8-19-44(41)53-45-20-10-18-42(40)46(43)45/h1-21,23-32H,22H2. The molecular weight excluding hydrogens is 663 g/mol. The van der Waals surface area contributed by atoms with Crippen molar-refractivity contribution in [2.24, 2.45) is 0 Å². The van der Waals surface area contributed by atoms with Crippen molar-refractivity contribution in [2.45, 2.75) is 22.1 Å². The molecule has 1 aliphatic heterocycles. The van der Waals surface area contributed by atoms with Crippen LogP contribution in [0.5, 0.6) is 0 Å². The molecule has 0 N–H and O–H groups in total. The summed E-state index contributed by atoms with van der Waals surface area (Å²) in [4.78, 5) is 17.3. The first-order valence-electron chi connectivity index (χ1n) is 18.0. The smallest absolute Gasteiger partial charge is 0.164 e. The number of benzene rings is 7. The first kappa shape index (κ1) is 31.4. The molecule has 250 valence electrons. The van der Waals surface area contributed by atoms with E-state index in [1.807, 2.05) is 72.4 Å². The molecule has 7 aromatic carbocycles. The van der Waals surface area contributed by atoms with E-state index in [1.165, 1.54) is 59.5 Å². The van der Waals surface area contributed by atoms with Gasteiger partial charge in [-0.15, -0.1) is 0 Å². The Hall–Kier alpha value is -6.36. The van der Waals surface area contributed by atoms with E-state index in [2.05, 4.69) is 121 Å². The molecule has 2 aliphatic rings. The van der Waals surface area contributed by atoms with Crippen LogP contribution in [0.2, 0.25) is 0 Å². The molecule has 0 saturated heterocycles. The third kappa shape index (κ3) is 5.87. The molecular formula is C49H33N3S. The van der Waals surface area contributed by atoms with Gasteiger partial charge in [-0.1, -0.05) is 176 Å². The summed E-state index contributed by atoms with van der Waals surface area (Å²) in [5.41, 5.74) is 11.9. The predicted octanol–water partition coefficient (Wildman–Crippen LogP) is 13.0. The Morgan fingerprint density at radius 1 is 0.453 bits per heavy atom. The number of rotatable bonds is 6. The van der Waals surface area contributed by atoms with E-state index in [1.54, 1.807) is 0 Å². The second-order valence-electron chi connectivity index (χ2n) is 13.5. The molecule has 53 heavy (non-hydrogen) atoms. The van der Waals surface area contributed by atoms with Crippen LogP contribution in [0.25, 0.3) is 72.8 Å². The third-order valence-electron chi connectivity index (χ3n) is 10.3. The molecule has 0 radical (unpaired) electrons. The van der Waals surface area contributed by atoms with Crippen molar-refractivity contribution in [3.05, 3.63) is 193 Å². The highest BCUT2D eigenvalue weighted by molar-refractivity contribution is 7.99. The fourth-order valence-corrected chi connectivity index (χ4v) is 8.74. The summed E-state index contributed by atoms with van der Waals surface area (Å²) in [5, 5.41) is 2.66. The minimum Gasteiger partial charge on any atom is -0.208 e. The van der Waals surface area contributed by atoms with Crippen molar-refractivity contribution in [3.63, 3.8) is 0 Å². The third-order valence-corrected chi connectivity index (χ3v) is 11.4. The summed E-state index contributed by atoms with van der Waals surface area (Å²) in [7, 11) is 0. The summed E-state index contributed by atoms with van der Waals surface area (Å²) < 4.78 is 0. The molecule has 0 spiro atoms. The summed E-state index contributed by atoms with van der Waals surface area (Å²) in [5.74, 6) is 2.31. The Balaban J connectivity index is 0.910. The van der Waals surface area contributed by atoms with Crippen LogP contribution >= 0.6 is 11.8 Å². The SMILES string of the molecule is C1=CC(c2ccc(-c3nc(-c4ccccc4)nc(-c4ccccc4)n3)cc2)CC=C1c1cccc(-c2ccc3c4c(cccc24)Sc2ccccc2-3)c1. The normalized spacial score (nSPS) is 14.5. The van der Waals surface area contributed by atoms with Crippen molar-refractivity contribution in [3.8, 4) is 56.4 Å². The van der Waals surface area contributed by atoms with Crippen LogP contribution in [-0.4, -0.2) is 15.0 Å². The zero-order valence-corrected chi connectivity index (χ0v) is 29.7. The second kappa shape index (κ2) is 13.3. The lowest BCUT2D eigenvalue weighted by Gasteiger charge is -2.22. The van der Waals surface area contributed by atoms with Gasteiger partial charge in [0.25, 0.3) is 0 Å². The summed E-state index contributed by atoms with van der Waals surface area (Å²) in [6, 6.07) is 58.0. The van der Waals surface area contributed by atoms with E-state index < -0.39 is 0 Å². The van der Waals surface area contributed by atoms with Gasteiger partial charge in [0.15, 0.2) is 17.5 Å². The van der Waals surface area contributed by atoms with E-state index in [9.17, 15) is 0 Å². The van der Waals surface area contributed by atoms with Crippen LogP contribution in [0.15, 0.2) is 192 Å². The fourth-order valence-electron chi connectivity index (χ4n) is 7.60. The minimum absolute atomic E-state index is 0.301. The molecule has 8 aromatic rings. The molecule has 4 heteroatoms. The number of hydrogen-bond acceptors (Lipinski definition) is 4. The summed E-state index contributed by atoms with van der Waals surface area (Å²) >= 11 is 1.87. The molecule has 0 bridgehead atoms. The molecule has 10 rings (SSSR count). The van der Waals surface area contributed by atoms with Gasteiger partial charge in [0.2, 0.25) is 0 Å². The summed E-state index contributed by atoms with van der Waals surface area (Å²) in [6.07, 6.45) is 7.96. The van der Waals surface area contributed by atoms with Gasteiger partial charge in [-0.3, -0.25) is 0 Å². The lowest BCUT2D eigenvalue weighted by Crippen LogP contribution is -2.01. The maximum absolute atomic E-state index is 4.91. The molecule has 1 unspecified atom stereocenters. The number of hydrogen-bond donors (Lipinski definition) is 0. The molecule has 2 heterocycles. The van der Waals surface area contributed by atoms with Crippen molar-refractivity contribution in [1.82, 2.24) is 15.0 Å². The van der Waals surface area contributed by atoms with Gasteiger partial charge in [0, 0.05) is 37.8 Å². The first-order valence-corrected chi connectivity index (χ1v) is 18.9. The van der Waals surface area contributed by atoms with Crippen LogP contribution in [0.1, 0.15) is 23.5 Å². The quantitative estimate of drug-likeness (QED) is 0.174. The molecule has 1 aliphatic carbocycles. The van der Waals surface area contributed by atoms with Crippen LogP contribution in [-0.2, 0) is 0 Å². The maximum Gasteiger partial charge on any atom is 0.164 e. The Kier molecular flexibility index (Phi) is 7.89. The monoisotopic (exact) mass is 695 g/mol. The van der Waals surface area contributed by atoms with Crippen LogP contribution in [0.3, 0.4) is 0 Å². The van der Waals surface area contributed by atoms with E-state index in [0.29, 0.717) is 23.4 Å². The van der Waals surface area contributed by atoms with Crippen molar-refractivity contribution in [1.29, 1.82) is 0 Å². The van der Waals surface area contributed by atoms with Gasteiger partial charge >= 0.3 is 0 Å². The van der Waals surface area contributed by atoms with Crippen LogP contribution in [0, 0.1) is 0 Å². The molecule has 0 amide bonds. The Labute approximate surface area is 313 Å². The van der Waals surface area contributed by atoms with E-state index in [0.717, 1.165) is 23.1 Å². The second-order valence-corrected chi connectivity index (χ2v) is 14.6. The Bertz CT molecular complexity index is 2660. The average molecular weight is 696 g/mol. The summed E-state index contributed by atoms with van der Waals surface area (Å²) in [6.45, 7) is 0. The number of nitrogens with zero attached hydrogens (tertiary/aromatic N) is 3. The van der Waals surface area contributed by atoms with E-state index in [4.69, 9.17) is 15.0 Å². The van der Waals surface area contributed by atoms with Gasteiger partial charge in [-0.05, 0) is 69.0 Å². The molecule has 0 fully saturated rings. The highest BCUT2D eigenvalue weighted by Gasteiger charge is 2.21. The molecule has 1 aromatic heterocycles. The fraction of sp³-hybridized carbons (Fsp3) is 0.0408. The van der Waals surface area contributed by atoms with Gasteiger partial charge in [0.05, 0.1) is 0 Å². The number of allylic oxidation sites excluding steroid dienone is 4. The largest absolute Gasteiger partial charge is 0.208 e. The maximum atomic E-state index is 4.91.